The molecular formula is C7H15NOS. The lowest BCUT2D eigenvalue weighted by atomic mass is 10.1. The first-order chi connectivity index (χ1) is 4.52. The van der Waals surface area contributed by atoms with Crippen LogP contribution in [0, 0.1) is 0 Å². The third kappa shape index (κ3) is 3.77. The van der Waals surface area contributed by atoms with Crippen LogP contribution in [0.25, 0.3) is 0 Å². The Balaban J connectivity index is 3.76. The van der Waals surface area contributed by atoms with E-state index in [1.165, 1.54) is 11.8 Å². The summed E-state index contributed by atoms with van der Waals surface area (Å²) in [4.78, 5) is 10.8. The summed E-state index contributed by atoms with van der Waals surface area (Å²) in [6, 6.07) is 0. The number of rotatable bonds is 2. The van der Waals surface area contributed by atoms with Crippen LogP contribution >= 0.6 is 11.8 Å². The van der Waals surface area contributed by atoms with Crippen molar-refractivity contribution in [1.82, 2.24) is 5.32 Å². The van der Waals surface area contributed by atoms with Gasteiger partial charge in [0.15, 0.2) is 0 Å². The predicted molar refractivity (Wildman–Crippen MR) is 46.4 cm³/mol. The van der Waals surface area contributed by atoms with Gasteiger partial charge >= 0.3 is 0 Å². The minimum Gasteiger partial charge on any atom is -0.350 e. The van der Waals surface area contributed by atoms with Crippen LogP contribution in [0.5, 0.6) is 0 Å². The molecule has 0 unspecified atom stereocenters. The van der Waals surface area contributed by atoms with Crippen LogP contribution in [0.4, 0.5) is 4.79 Å². The number of amides is 1. The van der Waals surface area contributed by atoms with Gasteiger partial charge in [-0.25, -0.2) is 0 Å². The van der Waals surface area contributed by atoms with Gasteiger partial charge in [0.2, 0.25) is 0 Å². The summed E-state index contributed by atoms with van der Waals surface area (Å²) in [7, 11) is 1.65. The molecule has 0 bridgehead atoms. The molecule has 1 N–H and O–H groups in total. The lowest BCUT2D eigenvalue weighted by Crippen LogP contribution is -2.21. The van der Waals surface area contributed by atoms with E-state index in [1.54, 1.807) is 7.05 Å². The molecule has 10 heavy (non-hydrogen) atoms. The first kappa shape index (κ1) is 9.82. The number of carbonyl (C=O) groups is 1. The van der Waals surface area contributed by atoms with Gasteiger partial charge in [0.25, 0.3) is 5.24 Å². The van der Waals surface area contributed by atoms with Crippen molar-refractivity contribution in [2.75, 3.05) is 7.05 Å². The normalized spacial score (nSPS) is 11.2. The number of hydrogen-bond donors (Lipinski definition) is 1. The Morgan fingerprint density at radius 1 is 1.60 bits per heavy atom. The fourth-order valence-electron chi connectivity index (χ4n) is 0.374. The Morgan fingerprint density at radius 3 is 2.40 bits per heavy atom. The predicted octanol–water partition coefficient (Wildman–Crippen LogP) is 2.25. The molecule has 0 aromatic carbocycles. The quantitative estimate of drug-likeness (QED) is 0.673. The zero-order valence-electron chi connectivity index (χ0n) is 7.02. The van der Waals surface area contributed by atoms with Gasteiger partial charge in [0.05, 0.1) is 0 Å². The summed E-state index contributed by atoms with van der Waals surface area (Å²) < 4.78 is 0.0695. The minimum atomic E-state index is 0.0480. The molecule has 0 rings (SSSR count). The molecule has 0 aromatic rings. The molecule has 0 atom stereocenters. The Hall–Kier alpha value is -0.180. The maximum atomic E-state index is 10.8. The van der Waals surface area contributed by atoms with Crippen molar-refractivity contribution >= 4 is 17.0 Å². The Labute approximate surface area is 66.8 Å². The summed E-state index contributed by atoms with van der Waals surface area (Å²) in [6.45, 7) is 6.20. The highest BCUT2D eigenvalue weighted by Crippen LogP contribution is 2.27. The Morgan fingerprint density at radius 2 is 2.10 bits per heavy atom. The average Bonchev–Trinajstić information content (AvgIpc) is 1.87. The molecule has 0 aromatic heterocycles. The van der Waals surface area contributed by atoms with Gasteiger partial charge in [0.1, 0.15) is 0 Å². The summed E-state index contributed by atoms with van der Waals surface area (Å²) in [6.07, 6.45) is 1.01. The molecule has 0 saturated carbocycles. The molecule has 0 heterocycles. The van der Waals surface area contributed by atoms with Gasteiger partial charge < -0.3 is 5.32 Å². The van der Waals surface area contributed by atoms with Crippen molar-refractivity contribution in [2.45, 2.75) is 31.9 Å². The summed E-state index contributed by atoms with van der Waals surface area (Å²) in [5, 5.41) is 2.63. The van der Waals surface area contributed by atoms with Crippen molar-refractivity contribution < 1.29 is 4.79 Å². The molecule has 0 radical (unpaired) electrons. The standard InChI is InChI=1S/C7H15NOS/c1-5-7(2,3)10-6(9)8-4/h5H2,1-4H3,(H,8,9). The zero-order valence-corrected chi connectivity index (χ0v) is 7.84. The summed E-state index contributed by atoms with van der Waals surface area (Å²) >= 11 is 1.35. The van der Waals surface area contributed by atoms with Gasteiger partial charge in [-0.3, -0.25) is 4.79 Å². The lowest BCUT2D eigenvalue weighted by Gasteiger charge is -2.19. The molecular weight excluding hydrogens is 146 g/mol. The first-order valence-corrected chi connectivity index (χ1v) is 4.24. The molecule has 0 fully saturated rings. The maximum absolute atomic E-state index is 10.8. The van der Waals surface area contributed by atoms with Crippen LogP contribution in [0.3, 0.4) is 0 Å². The molecule has 0 aliphatic rings. The van der Waals surface area contributed by atoms with E-state index in [0.717, 1.165) is 6.42 Å². The monoisotopic (exact) mass is 161 g/mol. The minimum absolute atomic E-state index is 0.0480. The van der Waals surface area contributed by atoms with Gasteiger partial charge in [-0.15, -0.1) is 0 Å². The fourth-order valence-corrected chi connectivity index (χ4v) is 1.12. The highest BCUT2D eigenvalue weighted by Gasteiger charge is 2.19. The van der Waals surface area contributed by atoms with Crippen LogP contribution in [-0.4, -0.2) is 17.0 Å². The van der Waals surface area contributed by atoms with E-state index in [0.29, 0.717) is 0 Å². The van der Waals surface area contributed by atoms with Crippen LogP contribution in [0.2, 0.25) is 0 Å². The number of hydrogen-bond acceptors (Lipinski definition) is 2. The van der Waals surface area contributed by atoms with Crippen molar-refractivity contribution in [3.63, 3.8) is 0 Å². The van der Waals surface area contributed by atoms with Crippen molar-refractivity contribution in [3.8, 4) is 0 Å². The van der Waals surface area contributed by atoms with E-state index in [2.05, 4.69) is 26.1 Å². The van der Waals surface area contributed by atoms with Crippen LogP contribution in [0.15, 0.2) is 0 Å². The molecule has 0 saturated heterocycles. The van der Waals surface area contributed by atoms with E-state index in [-0.39, 0.29) is 9.99 Å². The Bertz CT molecular complexity index is 123. The summed E-state index contributed by atoms with van der Waals surface area (Å²) in [5.41, 5.74) is 0. The van der Waals surface area contributed by atoms with E-state index in [9.17, 15) is 4.79 Å². The van der Waals surface area contributed by atoms with Crippen molar-refractivity contribution in [1.29, 1.82) is 0 Å². The number of nitrogens with one attached hydrogen (secondary N) is 1. The van der Waals surface area contributed by atoms with Gasteiger partial charge in [-0.05, 0) is 6.42 Å². The molecule has 0 aliphatic heterocycles. The van der Waals surface area contributed by atoms with E-state index < -0.39 is 0 Å². The molecule has 1 amide bonds. The van der Waals surface area contributed by atoms with Crippen molar-refractivity contribution in [2.24, 2.45) is 0 Å². The number of thioether (sulfide) groups is 1. The molecule has 3 heteroatoms. The highest BCUT2D eigenvalue weighted by molar-refractivity contribution is 8.14. The number of carbonyl (C=O) groups excluding carboxylic acids is 1. The second kappa shape index (κ2) is 3.86. The third-order valence-electron chi connectivity index (χ3n) is 1.42. The SMILES string of the molecule is CCC(C)(C)SC(=O)NC. The van der Waals surface area contributed by atoms with E-state index in [4.69, 9.17) is 0 Å². The van der Waals surface area contributed by atoms with Crippen LogP contribution in [-0.2, 0) is 0 Å². The second-order valence-electron chi connectivity index (χ2n) is 2.75. The Kier molecular flexibility index (Phi) is 3.79. The topological polar surface area (TPSA) is 29.1 Å². The lowest BCUT2D eigenvalue weighted by molar-refractivity contribution is 0.262. The first-order valence-electron chi connectivity index (χ1n) is 3.42. The second-order valence-corrected chi connectivity index (χ2v) is 4.43. The highest BCUT2D eigenvalue weighted by atomic mass is 32.2. The molecule has 2 nitrogen and oxygen atoms in total. The van der Waals surface area contributed by atoms with Gasteiger partial charge in [-0.1, -0.05) is 32.5 Å². The van der Waals surface area contributed by atoms with Crippen molar-refractivity contribution in [3.05, 3.63) is 0 Å². The third-order valence-corrected chi connectivity index (χ3v) is 2.66. The van der Waals surface area contributed by atoms with Crippen LogP contribution in [0.1, 0.15) is 27.2 Å². The molecule has 0 aliphatic carbocycles. The van der Waals surface area contributed by atoms with Crippen LogP contribution < -0.4 is 5.32 Å². The van der Waals surface area contributed by atoms with Gasteiger partial charge in [-0.2, -0.15) is 0 Å². The van der Waals surface area contributed by atoms with E-state index >= 15 is 0 Å². The maximum Gasteiger partial charge on any atom is 0.279 e. The zero-order chi connectivity index (χ0) is 8.20. The largest absolute Gasteiger partial charge is 0.350 e. The van der Waals surface area contributed by atoms with E-state index in [1.807, 2.05) is 0 Å². The fraction of sp³-hybridized carbons (Fsp3) is 0.857. The molecule has 0 spiro atoms. The molecule has 60 valence electrons. The average molecular weight is 161 g/mol. The van der Waals surface area contributed by atoms with Gasteiger partial charge in [0, 0.05) is 11.8 Å². The smallest absolute Gasteiger partial charge is 0.279 e. The summed E-state index contributed by atoms with van der Waals surface area (Å²) in [5.74, 6) is 0.